The van der Waals surface area contributed by atoms with Crippen LogP contribution in [0.4, 0.5) is 5.69 Å². The van der Waals surface area contributed by atoms with Gasteiger partial charge in [0.05, 0.1) is 25.9 Å². The maximum Gasteiger partial charge on any atom is 0.254 e. The minimum Gasteiger partial charge on any atom is -0.368 e. The van der Waals surface area contributed by atoms with Gasteiger partial charge in [-0.3, -0.25) is 4.79 Å². The van der Waals surface area contributed by atoms with Crippen LogP contribution in [-0.2, 0) is 38.8 Å². The molecule has 1 saturated heterocycles. The number of likely N-dealkylation sites (tertiary alicyclic amines) is 1. The summed E-state index contributed by atoms with van der Waals surface area (Å²) in [7, 11) is 0. The van der Waals surface area contributed by atoms with E-state index in [4.69, 9.17) is 26.4 Å². The third kappa shape index (κ3) is 9.22. The number of hydrogen-bond acceptors (Lipinski definition) is 5. The number of piperidine rings is 1. The minimum atomic E-state index is -0.855. The Balaban J connectivity index is 1.44. The summed E-state index contributed by atoms with van der Waals surface area (Å²) in [5.41, 5.74) is 3.91. The topological polar surface area (TPSA) is 72.1 Å². The second-order valence-corrected chi connectivity index (χ2v) is 11.4. The van der Waals surface area contributed by atoms with Crippen molar-refractivity contribution in [2.75, 3.05) is 18.4 Å². The first kappa shape index (κ1) is 32.3. The van der Waals surface area contributed by atoms with Gasteiger partial charge in [-0.05, 0) is 47.5 Å². The third-order valence-electron chi connectivity index (χ3n) is 7.74. The van der Waals surface area contributed by atoms with Crippen molar-refractivity contribution in [1.82, 2.24) is 10.2 Å². The number of hydrogen-bond donors (Lipinski definition) is 2. The highest BCUT2D eigenvalue weighted by molar-refractivity contribution is 7.80. The van der Waals surface area contributed by atoms with Crippen molar-refractivity contribution in [3.63, 3.8) is 0 Å². The van der Waals surface area contributed by atoms with Gasteiger partial charge in [0.2, 0.25) is 0 Å². The molecule has 0 radical (unpaired) electrons. The van der Waals surface area contributed by atoms with Gasteiger partial charge in [0, 0.05) is 18.8 Å². The van der Waals surface area contributed by atoms with Crippen LogP contribution < -0.4 is 10.6 Å². The highest BCUT2D eigenvalue weighted by Crippen LogP contribution is 2.30. The number of amides is 1. The predicted octanol–water partition coefficient (Wildman–Crippen LogP) is 6.35. The molecule has 0 saturated carbocycles. The molecule has 4 atom stereocenters. The van der Waals surface area contributed by atoms with Crippen LogP contribution in [0.2, 0.25) is 0 Å². The number of nitrogens with one attached hydrogen (secondary N) is 2. The lowest BCUT2D eigenvalue weighted by atomic mass is 9.91. The molecule has 234 valence electrons. The van der Waals surface area contributed by atoms with Crippen molar-refractivity contribution in [1.29, 1.82) is 0 Å². The fraction of sp³-hybridized carbons (Fsp3) is 0.297. The van der Waals surface area contributed by atoms with Crippen molar-refractivity contribution in [3.8, 4) is 0 Å². The predicted molar refractivity (Wildman–Crippen MR) is 182 cm³/mol. The zero-order valence-corrected chi connectivity index (χ0v) is 26.4. The summed E-state index contributed by atoms with van der Waals surface area (Å²) >= 11 is 5.66. The second kappa shape index (κ2) is 16.8. The van der Waals surface area contributed by atoms with Crippen molar-refractivity contribution >= 4 is 28.9 Å². The van der Waals surface area contributed by atoms with Crippen LogP contribution in [-0.4, -0.2) is 53.4 Å². The van der Waals surface area contributed by atoms with Gasteiger partial charge in [0.15, 0.2) is 11.2 Å². The van der Waals surface area contributed by atoms with Gasteiger partial charge in [-0.2, -0.15) is 0 Å². The molecule has 1 amide bonds. The van der Waals surface area contributed by atoms with Gasteiger partial charge in [0.25, 0.3) is 5.91 Å². The standard InChI is InChI=1S/C37H41N3O4S/c1-2-23-40-32(24-38-37(45)39-31-21-13-6-14-22-31)33(42-25-28-15-7-3-8-16-28)34(43-26-29-17-9-4-10-18-29)35(36(40)41)44-27-30-19-11-5-12-20-30/h3-22,32-35H,2,23-27H2,1H3,(H2,38,39,45)/t32-,33-,34-,35-/m1/s1. The Hall–Kier alpha value is -4.08. The highest BCUT2D eigenvalue weighted by atomic mass is 32.1. The molecule has 45 heavy (non-hydrogen) atoms. The van der Waals surface area contributed by atoms with Gasteiger partial charge in [0.1, 0.15) is 12.2 Å². The number of benzene rings is 4. The number of nitrogens with zero attached hydrogens (tertiary/aromatic N) is 1. The zero-order chi connectivity index (χ0) is 31.3. The summed E-state index contributed by atoms with van der Waals surface area (Å²) in [6.45, 7) is 3.95. The van der Waals surface area contributed by atoms with Gasteiger partial charge in [-0.1, -0.05) is 116 Å². The van der Waals surface area contributed by atoms with E-state index in [1.807, 2.05) is 126 Å². The summed E-state index contributed by atoms with van der Waals surface area (Å²) in [4.78, 5) is 16.2. The fourth-order valence-electron chi connectivity index (χ4n) is 5.52. The average molecular weight is 624 g/mol. The van der Waals surface area contributed by atoms with E-state index < -0.39 is 18.3 Å². The van der Waals surface area contributed by atoms with Crippen molar-refractivity contribution in [3.05, 3.63) is 138 Å². The molecule has 0 spiro atoms. The largest absolute Gasteiger partial charge is 0.368 e. The Kier molecular flexibility index (Phi) is 12.1. The smallest absolute Gasteiger partial charge is 0.254 e. The quantitative estimate of drug-likeness (QED) is 0.159. The molecule has 0 unspecified atom stereocenters. The van der Waals surface area contributed by atoms with Crippen molar-refractivity contribution in [2.45, 2.75) is 57.5 Å². The molecule has 5 rings (SSSR count). The minimum absolute atomic E-state index is 0.112. The molecule has 1 heterocycles. The number of anilines is 1. The Morgan fingerprint density at radius 2 is 1.16 bits per heavy atom. The molecular weight excluding hydrogens is 582 g/mol. The Labute approximate surface area is 271 Å². The van der Waals surface area contributed by atoms with Crippen LogP contribution in [0.1, 0.15) is 30.0 Å². The van der Waals surface area contributed by atoms with Crippen molar-refractivity contribution < 1.29 is 19.0 Å². The molecule has 7 nitrogen and oxygen atoms in total. The van der Waals surface area contributed by atoms with Crippen LogP contribution in [0.15, 0.2) is 121 Å². The second-order valence-electron chi connectivity index (χ2n) is 11.0. The first-order chi connectivity index (χ1) is 22.1. The van der Waals surface area contributed by atoms with E-state index in [0.717, 1.165) is 28.8 Å². The lowest BCUT2D eigenvalue weighted by Crippen LogP contribution is -2.68. The lowest BCUT2D eigenvalue weighted by molar-refractivity contribution is -0.208. The molecule has 2 N–H and O–H groups in total. The van der Waals surface area contributed by atoms with Crippen LogP contribution in [0.5, 0.6) is 0 Å². The van der Waals surface area contributed by atoms with Crippen LogP contribution in [0.25, 0.3) is 0 Å². The number of ether oxygens (including phenoxy) is 3. The third-order valence-corrected chi connectivity index (χ3v) is 7.99. The van der Waals surface area contributed by atoms with Crippen LogP contribution in [0.3, 0.4) is 0 Å². The molecule has 4 aromatic carbocycles. The van der Waals surface area contributed by atoms with Crippen LogP contribution >= 0.6 is 12.2 Å². The molecule has 0 aromatic heterocycles. The first-order valence-corrected chi connectivity index (χ1v) is 15.9. The lowest BCUT2D eigenvalue weighted by Gasteiger charge is -2.48. The highest BCUT2D eigenvalue weighted by Gasteiger charge is 2.50. The summed E-state index contributed by atoms with van der Waals surface area (Å²) in [5, 5.41) is 7.06. The van der Waals surface area contributed by atoms with Gasteiger partial charge in [-0.15, -0.1) is 0 Å². The molecule has 0 aliphatic carbocycles. The van der Waals surface area contributed by atoms with Gasteiger partial charge < -0.3 is 29.7 Å². The molecule has 1 aliphatic heterocycles. The normalized spacial score (nSPS) is 19.7. The average Bonchev–Trinajstić information content (AvgIpc) is 3.08. The fourth-order valence-corrected chi connectivity index (χ4v) is 5.72. The van der Waals surface area contributed by atoms with Crippen LogP contribution in [0, 0.1) is 0 Å². The number of para-hydroxylation sites is 1. The van der Waals surface area contributed by atoms with E-state index in [-0.39, 0.29) is 18.6 Å². The molecule has 1 fully saturated rings. The van der Waals surface area contributed by atoms with E-state index in [9.17, 15) is 4.79 Å². The molecule has 0 bridgehead atoms. The summed E-state index contributed by atoms with van der Waals surface area (Å²) < 4.78 is 19.8. The maximum atomic E-state index is 14.3. The number of carbonyl (C=O) groups is 1. The van der Waals surface area contributed by atoms with Gasteiger partial charge in [-0.25, -0.2) is 0 Å². The van der Waals surface area contributed by atoms with Gasteiger partial charge >= 0.3 is 0 Å². The Morgan fingerprint density at radius 1 is 0.689 bits per heavy atom. The van der Waals surface area contributed by atoms with E-state index >= 15 is 0 Å². The molecule has 1 aliphatic rings. The Morgan fingerprint density at radius 3 is 1.67 bits per heavy atom. The summed E-state index contributed by atoms with van der Waals surface area (Å²) in [5.74, 6) is -0.112. The van der Waals surface area contributed by atoms with Crippen molar-refractivity contribution in [2.24, 2.45) is 0 Å². The number of thiocarbonyl (C=S) groups is 1. The molecule has 4 aromatic rings. The monoisotopic (exact) mass is 623 g/mol. The molecule has 8 heteroatoms. The Bertz CT molecular complexity index is 1460. The molecular formula is C37H41N3O4S. The van der Waals surface area contributed by atoms with E-state index in [2.05, 4.69) is 17.6 Å². The van der Waals surface area contributed by atoms with E-state index in [1.165, 1.54) is 0 Å². The SMILES string of the molecule is CCCN1C(=O)[C@H](OCc2ccccc2)[C@H](OCc2ccccc2)[C@H](OCc2ccccc2)[C@H]1CNC(=S)Nc1ccccc1. The number of rotatable bonds is 14. The zero-order valence-electron chi connectivity index (χ0n) is 25.6. The first-order valence-electron chi connectivity index (χ1n) is 15.5. The van der Waals surface area contributed by atoms with E-state index in [1.54, 1.807) is 0 Å². The summed E-state index contributed by atoms with van der Waals surface area (Å²) in [6, 6.07) is 39.3. The summed E-state index contributed by atoms with van der Waals surface area (Å²) in [6.07, 6.45) is -1.25. The maximum absolute atomic E-state index is 14.3. The van der Waals surface area contributed by atoms with E-state index in [0.29, 0.717) is 31.4 Å². The number of carbonyl (C=O) groups excluding carboxylic acids is 1.